The minimum atomic E-state index is -3.58. The highest BCUT2D eigenvalue weighted by molar-refractivity contribution is 7.89. The summed E-state index contributed by atoms with van der Waals surface area (Å²) in [5, 5.41) is 0. The van der Waals surface area contributed by atoms with Crippen molar-refractivity contribution in [1.82, 2.24) is 4.72 Å². The van der Waals surface area contributed by atoms with E-state index in [1.54, 1.807) is 12.1 Å². The number of methoxy groups -OCH3 is 1. The Morgan fingerprint density at radius 3 is 2.67 bits per heavy atom. The number of nitrogens with one attached hydrogen (secondary N) is 1. The number of ether oxygens (including phenoxy) is 1. The third-order valence-corrected chi connectivity index (χ3v) is 5.53. The molecule has 1 aromatic rings. The summed E-state index contributed by atoms with van der Waals surface area (Å²) in [5.74, 6) is 0.957. The molecule has 0 radical (unpaired) electrons. The van der Waals surface area contributed by atoms with Crippen molar-refractivity contribution in [2.45, 2.75) is 43.4 Å². The smallest absolute Gasteiger partial charge is 0.244 e. The van der Waals surface area contributed by atoms with E-state index in [0.717, 1.165) is 6.42 Å². The van der Waals surface area contributed by atoms with E-state index in [1.807, 2.05) is 0 Å². The average Bonchev–Trinajstić information content (AvgIpc) is 2.48. The van der Waals surface area contributed by atoms with Crippen LogP contribution in [0.4, 0.5) is 5.69 Å². The second kappa shape index (κ2) is 7.13. The molecule has 0 spiro atoms. The number of sulfonamides is 1. The Morgan fingerprint density at radius 1 is 1.29 bits per heavy atom. The van der Waals surface area contributed by atoms with Gasteiger partial charge in [0.25, 0.3) is 0 Å². The van der Waals surface area contributed by atoms with E-state index in [0.29, 0.717) is 23.9 Å². The van der Waals surface area contributed by atoms with Gasteiger partial charge in [-0.1, -0.05) is 32.1 Å². The summed E-state index contributed by atoms with van der Waals surface area (Å²) in [5.41, 5.74) is 6.08. The molecule has 1 saturated carbocycles. The first kappa shape index (κ1) is 16.1. The van der Waals surface area contributed by atoms with E-state index >= 15 is 0 Å². The van der Waals surface area contributed by atoms with Crippen LogP contribution < -0.4 is 15.2 Å². The Bertz CT molecular complexity index is 566. The van der Waals surface area contributed by atoms with Crippen LogP contribution in [0.3, 0.4) is 0 Å². The van der Waals surface area contributed by atoms with Crippen LogP contribution in [0.2, 0.25) is 0 Å². The van der Waals surface area contributed by atoms with Gasteiger partial charge in [0, 0.05) is 12.2 Å². The van der Waals surface area contributed by atoms with Crippen molar-refractivity contribution in [3.05, 3.63) is 18.2 Å². The lowest BCUT2D eigenvalue weighted by molar-refractivity contribution is 0.339. The van der Waals surface area contributed by atoms with Gasteiger partial charge in [0.05, 0.1) is 7.11 Å². The van der Waals surface area contributed by atoms with Crippen LogP contribution in [0.15, 0.2) is 23.1 Å². The standard InChI is InChI=1S/C15H24N2O3S/c1-20-14-8-7-13(16)11-15(14)21(18,19)17-10-9-12-5-3-2-4-6-12/h7-8,11-12,17H,2-6,9-10,16H2,1H3. The highest BCUT2D eigenvalue weighted by Gasteiger charge is 2.20. The predicted molar refractivity (Wildman–Crippen MR) is 83.8 cm³/mol. The summed E-state index contributed by atoms with van der Waals surface area (Å²) >= 11 is 0. The first-order valence-corrected chi connectivity index (χ1v) is 8.94. The monoisotopic (exact) mass is 312 g/mol. The molecule has 0 aliphatic heterocycles. The van der Waals surface area contributed by atoms with Crippen LogP contribution in [0, 0.1) is 5.92 Å². The van der Waals surface area contributed by atoms with Crippen molar-refractivity contribution < 1.29 is 13.2 Å². The van der Waals surface area contributed by atoms with Crippen molar-refractivity contribution in [2.24, 2.45) is 5.92 Å². The number of hydrogen-bond acceptors (Lipinski definition) is 4. The van der Waals surface area contributed by atoms with Gasteiger partial charge in [0.15, 0.2) is 0 Å². The highest BCUT2D eigenvalue weighted by Crippen LogP contribution is 2.27. The Kier molecular flexibility index (Phi) is 5.47. The molecule has 1 fully saturated rings. The molecule has 0 bridgehead atoms. The topological polar surface area (TPSA) is 81.4 Å². The van der Waals surface area contributed by atoms with Gasteiger partial charge in [-0.15, -0.1) is 0 Å². The molecule has 0 aromatic heterocycles. The molecule has 3 N–H and O–H groups in total. The van der Waals surface area contributed by atoms with Crippen LogP contribution in [0.1, 0.15) is 38.5 Å². The third-order valence-electron chi connectivity index (χ3n) is 4.05. The van der Waals surface area contributed by atoms with Crippen molar-refractivity contribution in [1.29, 1.82) is 0 Å². The van der Waals surface area contributed by atoms with Crippen molar-refractivity contribution in [2.75, 3.05) is 19.4 Å². The number of nitrogens with two attached hydrogens (primary N) is 1. The molecule has 0 heterocycles. The van der Waals surface area contributed by atoms with Crippen LogP contribution in [-0.4, -0.2) is 22.1 Å². The molecule has 0 saturated heterocycles. The van der Waals surface area contributed by atoms with E-state index in [9.17, 15) is 8.42 Å². The molecule has 5 nitrogen and oxygen atoms in total. The van der Waals surface area contributed by atoms with Gasteiger partial charge in [-0.05, 0) is 30.5 Å². The molecule has 1 aliphatic rings. The first-order chi connectivity index (χ1) is 10.0. The molecule has 0 amide bonds. The number of rotatable bonds is 6. The fraction of sp³-hybridized carbons (Fsp3) is 0.600. The Labute approximate surface area is 126 Å². The minimum absolute atomic E-state index is 0.105. The average molecular weight is 312 g/mol. The summed E-state index contributed by atoms with van der Waals surface area (Å²) in [6, 6.07) is 4.63. The molecular weight excluding hydrogens is 288 g/mol. The first-order valence-electron chi connectivity index (χ1n) is 7.46. The van der Waals surface area contributed by atoms with Gasteiger partial charge in [0.2, 0.25) is 10.0 Å². The van der Waals surface area contributed by atoms with Gasteiger partial charge >= 0.3 is 0 Å². The second-order valence-corrected chi connectivity index (χ2v) is 7.34. The molecule has 0 atom stereocenters. The summed E-state index contributed by atoms with van der Waals surface area (Å²) in [6.45, 7) is 0.463. The molecule has 2 rings (SSSR count). The van der Waals surface area contributed by atoms with Gasteiger partial charge in [-0.2, -0.15) is 0 Å². The maximum Gasteiger partial charge on any atom is 0.244 e. The molecule has 6 heteroatoms. The molecule has 1 aromatic carbocycles. The minimum Gasteiger partial charge on any atom is -0.495 e. The molecule has 1 aliphatic carbocycles. The van der Waals surface area contributed by atoms with E-state index in [1.165, 1.54) is 45.3 Å². The quantitative estimate of drug-likeness (QED) is 0.791. The lowest BCUT2D eigenvalue weighted by atomic mass is 9.87. The fourth-order valence-corrected chi connectivity index (χ4v) is 4.10. The normalized spacial score (nSPS) is 16.8. The molecule has 21 heavy (non-hydrogen) atoms. The third kappa shape index (κ3) is 4.35. The predicted octanol–water partition coefficient (Wildman–Crippen LogP) is 2.53. The Balaban J connectivity index is 1.99. The second-order valence-electron chi connectivity index (χ2n) is 5.60. The fourth-order valence-electron chi connectivity index (χ4n) is 2.85. The van der Waals surface area contributed by atoms with Crippen molar-refractivity contribution in [3.63, 3.8) is 0 Å². The van der Waals surface area contributed by atoms with E-state index in [4.69, 9.17) is 10.5 Å². The zero-order chi connectivity index (χ0) is 15.3. The highest BCUT2D eigenvalue weighted by atomic mass is 32.2. The number of benzene rings is 1. The number of anilines is 1. The van der Waals surface area contributed by atoms with E-state index in [-0.39, 0.29) is 4.90 Å². The van der Waals surface area contributed by atoms with Crippen LogP contribution in [0.5, 0.6) is 5.75 Å². The van der Waals surface area contributed by atoms with Crippen molar-refractivity contribution >= 4 is 15.7 Å². The zero-order valence-corrected chi connectivity index (χ0v) is 13.3. The Hall–Kier alpha value is -1.27. The van der Waals surface area contributed by atoms with Gasteiger partial charge in [-0.3, -0.25) is 0 Å². The van der Waals surface area contributed by atoms with E-state index in [2.05, 4.69) is 4.72 Å². The van der Waals surface area contributed by atoms with Crippen LogP contribution in [-0.2, 0) is 10.0 Å². The summed E-state index contributed by atoms with van der Waals surface area (Å²) in [7, 11) is -2.13. The molecular formula is C15H24N2O3S. The summed E-state index contributed by atoms with van der Waals surface area (Å²) in [6.07, 6.45) is 7.15. The SMILES string of the molecule is COc1ccc(N)cc1S(=O)(=O)NCCC1CCCCC1. The van der Waals surface area contributed by atoms with Gasteiger partial charge in [-0.25, -0.2) is 13.1 Å². The Morgan fingerprint density at radius 2 is 2.00 bits per heavy atom. The maximum atomic E-state index is 12.4. The van der Waals surface area contributed by atoms with E-state index < -0.39 is 10.0 Å². The molecule has 0 unspecified atom stereocenters. The lowest BCUT2D eigenvalue weighted by Crippen LogP contribution is -2.27. The number of hydrogen-bond donors (Lipinski definition) is 2. The van der Waals surface area contributed by atoms with Gasteiger partial charge in [0.1, 0.15) is 10.6 Å². The van der Waals surface area contributed by atoms with Crippen LogP contribution >= 0.6 is 0 Å². The van der Waals surface area contributed by atoms with Crippen molar-refractivity contribution in [3.8, 4) is 5.75 Å². The summed E-state index contributed by atoms with van der Waals surface area (Å²) < 4.78 is 32.5. The number of nitrogen functional groups attached to an aromatic ring is 1. The summed E-state index contributed by atoms with van der Waals surface area (Å²) in [4.78, 5) is 0.105. The zero-order valence-electron chi connectivity index (χ0n) is 12.5. The van der Waals surface area contributed by atoms with Gasteiger partial charge < -0.3 is 10.5 Å². The maximum absolute atomic E-state index is 12.4. The lowest BCUT2D eigenvalue weighted by Gasteiger charge is -2.21. The largest absolute Gasteiger partial charge is 0.495 e. The van der Waals surface area contributed by atoms with Crippen LogP contribution in [0.25, 0.3) is 0 Å². The molecule has 118 valence electrons.